The Kier molecular flexibility index (Phi) is 6.12. The maximum absolute atomic E-state index is 10.8. The fourth-order valence-corrected chi connectivity index (χ4v) is 2.74. The second-order valence-corrected chi connectivity index (χ2v) is 5.90. The summed E-state index contributed by atoms with van der Waals surface area (Å²) in [7, 11) is 1.70. The third kappa shape index (κ3) is 4.02. The molecule has 0 amide bonds. The summed E-state index contributed by atoms with van der Waals surface area (Å²) >= 11 is 4.87. The lowest BCUT2D eigenvalue weighted by Crippen LogP contribution is -2.35. The van der Waals surface area contributed by atoms with Gasteiger partial charge in [-0.05, 0) is 36.0 Å². The van der Waals surface area contributed by atoms with E-state index in [4.69, 9.17) is 9.63 Å². The van der Waals surface area contributed by atoms with Crippen LogP contribution in [0, 0.1) is 0 Å². The summed E-state index contributed by atoms with van der Waals surface area (Å²) in [5.74, 6) is 0.0293. The van der Waals surface area contributed by atoms with Crippen LogP contribution < -0.4 is 0 Å². The average Bonchev–Trinajstić information content (AvgIpc) is 2.96. The van der Waals surface area contributed by atoms with E-state index in [-0.39, 0.29) is 12.4 Å². The van der Waals surface area contributed by atoms with E-state index in [1.165, 1.54) is 11.3 Å². The van der Waals surface area contributed by atoms with Crippen LogP contribution in [0.5, 0.6) is 0 Å². The molecule has 110 valence electrons. The Morgan fingerprint density at radius 2 is 2.35 bits per heavy atom. The maximum Gasteiger partial charge on any atom is 0.320 e. The van der Waals surface area contributed by atoms with Gasteiger partial charge in [0.25, 0.3) is 0 Å². The van der Waals surface area contributed by atoms with Crippen molar-refractivity contribution in [1.82, 2.24) is 15.0 Å². The summed E-state index contributed by atoms with van der Waals surface area (Å²) in [5, 5.41) is 14.7. The van der Waals surface area contributed by atoms with E-state index in [0.29, 0.717) is 18.3 Å². The number of carboxylic acid groups (broad SMARTS) is 1. The molecule has 0 aliphatic carbocycles. The van der Waals surface area contributed by atoms with Crippen molar-refractivity contribution in [2.45, 2.75) is 19.5 Å². The fraction of sp³-hybridized carbons (Fsp3) is 0.364. The van der Waals surface area contributed by atoms with Gasteiger partial charge in [0.15, 0.2) is 0 Å². The zero-order valence-electron chi connectivity index (χ0n) is 10.7. The van der Waals surface area contributed by atoms with Gasteiger partial charge in [0.2, 0.25) is 11.7 Å². The molecule has 2 rings (SSSR count). The summed E-state index contributed by atoms with van der Waals surface area (Å²) in [4.78, 5) is 17.6. The van der Waals surface area contributed by atoms with E-state index in [0.717, 1.165) is 9.35 Å². The van der Waals surface area contributed by atoms with Crippen LogP contribution >= 0.6 is 39.7 Å². The minimum Gasteiger partial charge on any atom is -0.480 e. The van der Waals surface area contributed by atoms with E-state index in [1.807, 2.05) is 11.4 Å². The molecule has 2 aromatic rings. The van der Waals surface area contributed by atoms with Gasteiger partial charge >= 0.3 is 5.97 Å². The van der Waals surface area contributed by atoms with Crippen molar-refractivity contribution in [1.29, 1.82) is 0 Å². The van der Waals surface area contributed by atoms with Crippen LogP contribution in [0.2, 0.25) is 0 Å². The molecule has 0 aliphatic rings. The molecule has 9 heteroatoms. The van der Waals surface area contributed by atoms with Crippen molar-refractivity contribution in [3.8, 4) is 10.7 Å². The Bertz CT molecular complexity index is 589. The molecule has 0 bridgehead atoms. The summed E-state index contributed by atoms with van der Waals surface area (Å²) in [6, 6.07) is 1.30. The summed E-state index contributed by atoms with van der Waals surface area (Å²) < 4.78 is 6.09. The molecule has 0 fully saturated rings. The first kappa shape index (κ1) is 17.1. The first-order valence-electron chi connectivity index (χ1n) is 5.47. The van der Waals surface area contributed by atoms with Gasteiger partial charge in [-0.2, -0.15) is 4.98 Å². The highest BCUT2D eigenvalue weighted by Gasteiger charge is 2.19. The standard InChI is InChI=1S/C11H12BrN3O3S.ClH/c1-6(11(16)17)15(2)4-9-13-10(14-18-9)8-3-7(12)5-19-8;/h3,5-6H,4H2,1-2H3,(H,16,17);1H. The Morgan fingerprint density at radius 3 is 2.90 bits per heavy atom. The molecule has 0 radical (unpaired) electrons. The van der Waals surface area contributed by atoms with E-state index < -0.39 is 12.0 Å². The van der Waals surface area contributed by atoms with Crippen molar-refractivity contribution in [3.05, 3.63) is 21.8 Å². The minimum atomic E-state index is -0.885. The Labute approximate surface area is 134 Å². The van der Waals surface area contributed by atoms with Crippen LogP contribution in [0.1, 0.15) is 12.8 Å². The lowest BCUT2D eigenvalue weighted by molar-refractivity contribution is -0.142. The Morgan fingerprint density at radius 1 is 1.65 bits per heavy atom. The number of rotatable bonds is 5. The lowest BCUT2D eigenvalue weighted by Gasteiger charge is -2.18. The molecule has 1 atom stereocenters. The summed E-state index contributed by atoms with van der Waals surface area (Å²) in [5.41, 5.74) is 0. The Balaban J connectivity index is 0.00000200. The second-order valence-electron chi connectivity index (χ2n) is 4.07. The minimum absolute atomic E-state index is 0. The highest BCUT2D eigenvalue weighted by atomic mass is 79.9. The van der Waals surface area contributed by atoms with Gasteiger partial charge in [-0.3, -0.25) is 9.69 Å². The molecule has 1 N–H and O–H groups in total. The first-order chi connectivity index (χ1) is 8.97. The van der Waals surface area contributed by atoms with Crippen LogP contribution in [0.25, 0.3) is 10.7 Å². The van der Waals surface area contributed by atoms with E-state index in [1.54, 1.807) is 18.9 Å². The molecule has 0 spiro atoms. The third-order valence-electron chi connectivity index (χ3n) is 2.66. The maximum atomic E-state index is 10.8. The number of hydrogen-bond acceptors (Lipinski definition) is 6. The fourth-order valence-electron chi connectivity index (χ4n) is 1.39. The SMILES string of the molecule is CC(C(=O)O)N(C)Cc1nc(-c2cc(Br)cs2)no1.Cl. The molecule has 6 nitrogen and oxygen atoms in total. The van der Waals surface area contributed by atoms with Crippen molar-refractivity contribution in [2.24, 2.45) is 0 Å². The molecular formula is C11H13BrClN3O3S. The summed E-state index contributed by atoms with van der Waals surface area (Å²) in [6.07, 6.45) is 0. The van der Waals surface area contributed by atoms with Gasteiger partial charge in [0, 0.05) is 9.85 Å². The third-order valence-corrected chi connectivity index (χ3v) is 4.35. The number of thiophene rings is 1. The molecule has 2 heterocycles. The van der Waals surface area contributed by atoms with Crippen molar-refractivity contribution < 1.29 is 14.4 Å². The van der Waals surface area contributed by atoms with E-state index >= 15 is 0 Å². The van der Waals surface area contributed by atoms with Crippen molar-refractivity contribution >= 4 is 45.6 Å². The van der Waals surface area contributed by atoms with Gasteiger partial charge in [0.1, 0.15) is 6.04 Å². The topological polar surface area (TPSA) is 79.5 Å². The molecule has 0 saturated heterocycles. The van der Waals surface area contributed by atoms with Crippen LogP contribution in [-0.2, 0) is 11.3 Å². The first-order valence-corrected chi connectivity index (χ1v) is 7.14. The predicted molar refractivity (Wildman–Crippen MR) is 81.1 cm³/mol. The van der Waals surface area contributed by atoms with Gasteiger partial charge in [-0.25, -0.2) is 0 Å². The number of likely N-dealkylation sites (N-methyl/N-ethyl adjacent to an activating group) is 1. The lowest BCUT2D eigenvalue weighted by atomic mass is 10.3. The zero-order valence-corrected chi connectivity index (χ0v) is 14.0. The number of hydrogen-bond donors (Lipinski definition) is 1. The van der Waals surface area contributed by atoms with E-state index in [9.17, 15) is 4.79 Å². The van der Waals surface area contributed by atoms with Crippen LogP contribution in [-0.4, -0.2) is 39.2 Å². The largest absolute Gasteiger partial charge is 0.480 e. The highest BCUT2D eigenvalue weighted by molar-refractivity contribution is 9.10. The summed E-state index contributed by atoms with van der Waals surface area (Å²) in [6.45, 7) is 1.91. The van der Waals surface area contributed by atoms with Gasteiger partial charge in [-0.15, -0.1) is 23.7 Å². The molecule has 0 aliphatic heterocycles. The number of nitrogens with zero attached hydrogens (tertiary/aromatic N) is 3. The number of carbonyl (C=O) groups is 1. The Hall–Kier alpha value is -0.960. The van der Waals surface area contributed by atoms with Crippen molar-refractivity contribution in [2.75, 3.05) is 7.05 Å². The average molecular weight is 383 g/mol. The number of carboxylic acids is 1. The molecule has 0 saturated carbocycles. The number of aromatic nitrogens is 2. The molecule has 2 aromatic heterocycles. The van der Waals surface area contributed by atoms with E-state index in [2.05, 4.69) is 26.1 Å². The molecular weight excluding hydrogens is 370 g/mol. The smallest absolute Gasteiger partial charge is 0.320 e. The second kappa shape index (κ2) is 7.16. The monoisotopic (exact) mass is 381 g/mol. The van der Waals surface area contributed by atoms with Crippen LogP contribution in [0.3, 0.4) is 0 Å². The van der Waals surface area contributed by atoms with Gasteiger partial charge in [-0.1, -0.05) is 5.16 Å². The van der Waals surface area contributed by atoms with Crippen LogP contribution in [0.4, 0.5) is 0 Å². The quantitative estimate of drug-likeness (QED) is 0.856. The normalized spacial score (nSPS) is 12.2. The van der Waals surface area contributed by atoms with Gasteiger partial charge in [0.05, 0.1) is 11.4 Å². The molecule has 20 heavy (non-hydrogen) atoms. The number of aliphatic carboxylic acids is 1. The zero-order chi connectivity index (χ0) is 14.0. The molecule has 1 unspecified atom stereocenters. The highest BCUT2D eigenvalue weighted by Crippen LogP contribution is 2.27. The predicted octanol–water partition coefficient (Wildman–Crippen LogP) is 2.89. The molecule has 0 aromatic carbocycles. The van der Waals surface area contributed by atoms with Crippen LogP contribution in [0.15, 0.2) is 20.4 Å². The van der Waals surface area contributed by atoms with Gasteiger partial charge < -0.3 is 9.63 Å². The van der Waals surface area contributed by atoms with Crippen molar-refractivity contribution in [3.63, 3.8) is 0 Å². The number of halogens is 2.